The fourth-order valence-electron chi connectivity index (χ4n) is 1.46. The molecule has 12 heteroatoms. The molecule has 0 aromatic carbocycles. The molecule has 0 aliphatic carbocycles. The predicted octanol–water partition coefficient (Wildman–Crippen LogP) is 1.83. The van der Waals surface area contributed by atoms with E-state index in [-0.39, 0.29) is 6.42 Å². The molecule has 0 saturated carbocycles. The molecule has 0 saturated heterocycles. The third-order valence-electron chi connectivity index (χ3n) is 2.95. The van der Waals surface area contributed by atoms with Crippen LogP contribution in [0.2, 0.25) is 0 Å². The number of carbonyl (C=O) groups is 3. The van der Waals surface area contributed by atoms with Crippen LogP contribution in [0.25, 0.3) is 0 Å². The minimum absolute atomic E-state index is 0.291. The van der Waals surface area contributed by atoms with Crippen LogP contribution in [0.3, 0.4) is 0 Å². The lowest BCUT2D eigenvalue weighted by Gasteiger charge is -2.20. The number of carbonyl (C=O) groups excluding carboxylic acids is 3. The summed E-state index contributed by atoms with van der Waals surface area (Å²) in [6.07, 6.45) is -11.3. The third-order valence-corrected chi connectivity index (χ3v) is 2.95. The molecule has 2 atom stereocenters. The van der Waals surface area contributed by atoms with Crippen molar-refractivity contribution < 1.29 is 45.5 Å². The summed E-state index contributed by atoms with van der Waals surface area (Å²) >= 11 is 0. The van der Waals surface area contributed by atoms with Gasteiger partial charge in [-0.2, -0.15) is 26.3 Å². The van der Waals surface area contributed by atoms with Gasteiger partial charge < -0.3 is 15.4 Å². The average molecular weight is 380 g/mol. The first-order valence-corrected chi connectivity index (χ1v) is 7.22. The van der Waals surface area contributed by atoms with Crippen molar-refractivity contribution in [2.24, 2.45) is 0 Å². The Bertz CT molecular complexity index is 478. The molecule has 146 valence electrons. The molecule has 0 aliphatic heterocycles. The number of esters is 1. The van der Waals surface area contributed by atoms with Crippen LogP contribution >= 0.6 is 0 Å². The molecule has 0 heterocycles. The van der Waals surface area contributed by atoms with Crippen LogP contribution in [-0.4, -0.2) is 48.8 Å². The van der Waals surface area contributed by atoms with Crippen molar-refractivity contribution in [3.8, 4) is 0 Å². The van der Waals surface area contributed by atoms with Gasteiger partial charge in [-0.25, -0.2) is 4.79 Å². The zero-order valence-electron chi connectivity index (χ0n) is 13.4. The Kier molecular flexibility index (Phi) is 8.71. The summed E-state index contributed by atoms with van der Waals surface area (Å²) in [6.45, 7) is 2.57. The average Bonchev–Trinajstić information content (AvgIpc) is 2.47. The second kappa shape index (κ2) is 9.47. The second-order valence-electron chi connectivity index (χ2n) is 5.08. The lowest BCUT2D eigenvalue weighted by Crippen LogP contribution is -2.48. The van der Waals surface area contributed by atoms with Crippen molar-refractivity contribution >= 4 is 17.8 Å². The largest absolute Gasteiger partial charge is 0.471 e. The maximum atomic E-state index is 12.3. The number of alkyl halides is 6. The van der Waals surface area contributed by atoms with Crippen molar-refractivity contribution in [1.82, 2.24) is 10.6 Å². The van der Waals surface area contributed by atoms with Crippen LogP contribution < -0.4 is 10.6 Å². The van der Waals surface area contributed by atoms with Crippen LogP contribution in [0.4, 0.5) is 26.3 Å². The molecule has 1 unspecified atom stereocenters. The molecule has 0 radical (unpaired) electrons. The Balaban J connectivity index is 4.71. The molecule has 2 N–H and O–H groups in total. The highest BCUT2D eigenvalue weighted by Crippen LogP contribution is 2.16. The fourth-order valence-corrected chi connectivity index (χ4v) is 1.46. The van der Waals surface area contributed by atoms with E-state index in [1.165, 1.54) is 17.6 Å². The first kappa shape index (κ1) is 23.0. The molecule has 0 bridgehead atoms. The van der Waals surface area contributed by atoms with Crippen LogP contribution in [0, 0.1) is 0 Å². The van der Waals surface area contributed by atoms with E-state index in [9.17, 15) is 40.7 Å². The number of amides is 2. The maximum Gasteiger partial charge on any atom is 0.471 e. The van der Waals surface area contributed by atoms with Gasteiger partial charge in [0.2, 0.25) is 0 Å². The number of hydrogen-bond acceptors (Lipinski definition) is 4. The first-order chi connectivity index (χ1) is 11.3. The molecule has 25 heavy (non-hydrogen) atoms. The zero-order valence-corrected chi connectivity index (χ0v) is 13.4. The van der Waals surface area contributed by atoms with E-state index in [1.807, 2.05) is 0 Å². The number of halogens is 6. The maximum absolute atomic E-state index is 12.3. The van der Waals surface area contributed by atoms with Crippen molar-refractivity contribution in [3.05, 3.63) is 0 Å². The van der Waals surface area contributed by atoms with E-state index < -0.39 is 55.2 Å². The van der Waals surface area contributed by atoms with E-state index >= 15 is 0 Å². The van der Waals surface area contributed by atoms with Gasteiger partial charge in [0.25, 0.3) is 0 Å². The molecule has 0 aliphatic rings. The molecular formula is C13H18F6N2O4. The fraction of sp³-hybridized carbons (Fsp3) is 0.769. The molecule has 0 aromatic rings. The first-order valence-electron chi connectivity index (χ1n) is 7.22. The van der Waals surface area contributed by atoms with E-state index in [0.29, 0.717) is 6.42 Å². The Labute approximate surface area is 139 Å². The van der Waals surface area contributed by atoms with Gasteiger partial charge >= 0.3 is 30.1 Å². The molecular weight excluding hydrogens is 362 g/mol. The second-order valence-corrected chi connectivity index (χ2v) is 5.08. The Morgan fingerprint density at radius 2 is 1.52 bits per heavy atom. The van der Waals surface area contributed by atoms with Crippen LogP contribution in [0.1, 0.15) is 33.1 Å². The van der Waals surface area contributed by atoms with E-state index in [0.717, 1.165) is 0 Å². The molecule has 0 fully saturated rings. The quantitative estimate of drug-likeness (QED) is 0.382. The van der Waals surface area contributed by atoms with Crippen molar-refractivity contribution in [2.75, 3.05) is 6.54 Å². The Hall–Kier alpha value is -2.01. The molecule has 6 nitrogen and oxygen atoms in total. The molecule has 2 amide bonds. The molecule has 0 spiro atoms. The highest BCUT2D eigenvalue weighted by molar-refractivity contribution is 5.87. The summed E-state index contributed by atoms with van der Waals surface area (Å²) in [4.78, 5) is 33.3. The summed E-state index contributed by atoms with van der Waals surface area (Å²) in [5, 5.41) is 2.93. The van der Waals surface area contributed by atoms with Gasteiger partial charge in [0, 0.05) is 6.54 Å². The van der Waals surface area contributed by atoms with Crippen LogP contribution in [0.5, 0.6) is 0 Å². The highest BCUT2D eigenvalue weighted by atomic mass is 19.4. The van der Waals surface area contributed by atoms with Gasteiger partial charge in [0.05, 0.1) is 6.10 Å². The van der Waals surface area contributed by atoms with E-state index in [1.54, 1.807) is 6.92 Å². The van der Waals surface area contributed by atoms with Gasteiger partial charge in [-0.05, 0) is 26.2 Å². The van der Waals surface area contributed by atoms with E-state index in [4.69, 9.17) is 4.74 Å². The summed E-state index contributed by atoms with van der Waals surface area (Å²) in [7, 11) is 0. The summed E-state index contributed by atoms with van der Waals surface area (Å²) in [5.74, 6) is -5.74. The van der Waals surface area contributed by atoms with Gasteiger partial charge in [0.1, 0.15) is 6.04 Å². The normalized spacial score (nSPS) is 14.4. The topological polar surface area (TPSA) is 84.5 Å². The smallest absolute Gasteiger partial charge is 0.461 e. The summed E-state index contributed by atoms with van der Waals surface area (Å²) in [6, 6.07) is -1.70. The Morgan fingerprint density at radius 1 is 1.00 bits per heavy atom. The predicted molar refractivity (Wildman–Crippen MR) is 72.1 cm³/mol. The Morgan fingerprint density at radius 3 is 1.96 bits per heavy atom. The van der Waals surface area contributed by atoms with Gasteiger partial charge in [-0.3, -0.25) is 9.59 Å². The number of ether oxygens (including phenoxy) is 1. The lowest BCUT2D eigenvalue weighted by atomic mass is 10.1. The van der Waals surface area contributed by atoms with Crippen molar-refractivity contribution in [3.63, 3.8) is 0 Å². The van der Waals surface area contributed by atoms with Gasteiger partial charge in [-0.1, -0.05) is 6.92 Å². The van der Waals surface area contributed by atoms with E-state index in [2.05, 4.69) is 0 Å². The lowest BCUT2D eigenvalue weighted by molar-refractivity contribution is -0.176. The highest BCUT2D eigenvalue weighted by Gasteiger charge is 2.41. The standard InChI is InChI=1S/C13H18F6N2O4/c1-3-7(2)25-9(22)8(21-11(24)13(17,18)19)5-4-6-20-10(23)12(14,15)16/h7-8H,3-6H2,1-2H3,(H,20,23)(H,21,24)/t7?,8-/m0/s1. The van der Waals surface area contributed by atoms with Crippen molar-refractivity contribution in [1.29, 1.82) is 0 Å². The zero-order chi connectivity index (χ0) is 19.8. The monoisotopic (exact) mass is 380 g/mol. The van der Waals surface area contributed by atoms with Crippen LogP contribution in [-0.2, 0) is 19.1 Å². The molecule has 0 rings (SSSR count). The number of hydrogen-bond donors (Lipinski definition) is 2. The SMILES string of the molecule is CCC(C)OC(=O)[C@H](CCCNC(=O)C(F)(F)F)NC(=O)C(F)(F)F. The van der Waals surface area contributed by atoms with Crippen molar-refractivity contribution in [2.45, 2.75) is 57.6 Å². The third kappa shape index (κ3) is 9.15. The van der Waals surface area contributed by atoms with Gasteiger partial charge in [-0.15, -0.1) is 0 Å². The van der Waals surface area contributed by atoms with Gasteiger partial charge in [0.15, 0.2) is 0 Å². The number of rotatable bonds is 8. The minimum atomic E-state index is -5.24. The minimum Gasteiger partial charge on any atom is -0.461 e. The summed E-state index contributed by atoms with van der Waals surface area (Å²) < 4.78 is 77.6. The number of nitrogens with one attached hydrogen (secondary N) is 2. The molecule has 0 aromatic heterocycles. The summed E-state index contributed by atoms with van der Waals surface area (Å²) in [5.41, 5.74) is 0. The van der Waals surface area contributed by atoms with Crippen LogP contribution in [0.15, 0.2) is 0 Å².